The van der Waals surface area contributed by atoms with E-state index in [1.165, 1.54) is 11.3 Å². The summed E-state index contributed by atoms with van der Waals surface area (Å²) < 4.78 is 22.8. The van der Waals surface area contributed by atoms with Gasteiger partial charge >= 0.3 is 0 Å². The second-order valence-electron chi connectivity index (χ2n) is 8.25. The number of benzene rings is 1. The van der Waals surface area contributed by atoms with Crippen molar-refractivity contribution >= 4 is 37.3 Å². The monoisotopic (exact) mass is 460 g/mol. The van der Waals surface area contributed by atoms with Gasteiger partial charge in [0, 0.05) is 30.3 Å². The van der Waals surface area contributed by atoms with Crippen LogP contribution in [0.15, 0.2) is 18.2 Å². The molecule has 1 fully saturated rings. The maximum absolute atomic E-state index is 12.1. The molecular formula is C22H24N2O5S2. The molecule has 1 aliphatic rings. The third-order valence-electron chi connectivity index (χ3n) is 5.95. The minimum absolute atomic E-state index is 0.122. The van der Waals surface area contributed by atoms with Crippen molar-refractivity contribution in [2.24, 2.45) is 17.1 Å². The first-order chi connectivity index (χ1) is 14.4. The SMILES string of the molecule is CC(C(N)=O)(C(O)Cc1nc2ccc(C#CC#C[C@]3(C)C[C@H]3CO)cc2s1)S(C)(=O)=O. The number of nitrogens with zero attached hydrogens (tertiary/aromatic N) is 1. The Balaban J connectivity index is 1.78. The van der Waals surface area contributed by atoms with Gasteiger partial charge in [-0.25, -0.2) is 13.4 Å². The zero-order valence-corrected chi connectivity index (χ0v) is 19.1. The van der Waals surface area contributed by atoms with Crippen LogP contribution in [0.4, 0.5) is 0 Å². The Hall–Kier alpha value is -2.43. The van der Waals surface area contributed by atoms with Crippen LogP contribution >= 0.6 is 11.3 Å². The van der Waals surface area contributed by atoms with E-state index in [1.54, 1.807) is 12.1 Å². The van der Waals surface area contributed by atoms with E-state index in [0.717, 1.165) is 29.9 Å². The standard InChI is InChI=1S/C22H24N2O5S2/c1-21(12-15(21)13-25)9-5-4-6-14-7-8-16-17(10-14)30-19(24-16)11-18(26)22(2,20(23)27)31(3,28)29/h7-8,10,15,18,25-26H,11-13H2,1-3H3,(H2,23,27)/t15-,18?,21+,22?/m0/s1. The quantitative estimate of drug-likeness (QED) is 0.548. The molecule has 0 aliphatic heterocycles. The molecule has 1 amide bonds. The molecule has 7 nitrogen and oxygen atoms in total. The molecule has 0 bridgehead atoms. The second-order valence-corrected chi connectivity index (χ2v) is 11.8. The van der Waals surface area contributed by atoms with Crippen molar-refractivity contribution in [2.75, 3.05) is 12.9 Å². The van der Waals surface area contributed by atoms with Gasteiger partial charge in [-0.2, -0.15) is 0 Å². The molecule has 2 aromatic rings. The molecule has 0 radical (unpaired) electrons. The summed E-state index contributed by atoms with van der Waals surface area (Å²) >= 11 is 1.29. The van der Waals surface area contributed by atoms with Crippen molar-refractivity contribution in [3.05, 3.63) is 28.8 Å². The Morgan fingerprint density at radius 1 is 1.45 bits per heavy atom. The number of sulfone groups is 1. The van der Waals surface area contributed by atoms with Crippen molar-refractivity contribution in [1.82, 2.24) is 4.98 Å². The lowest BCUT2D eigenvalue weighted by molar-refractivity contribution is -0.122. The zero-order chi connectivity index (χ0) is 23.0. The van der Waals surface area contributed by atoms with Gasteiger partial charge in [0.1, 0.15) is 0 Å². The first-order valence-corrected chi connectivity index (χ1v) is 12.3. The Bertz CT molecular complexity index is 1260. The maximum atomic E-state index is 12.1. The van der Waals surface area contributed by atoms with Gasteiger partial charge in [0.2, 0.25) is 5.91 Å². The van der Waals surface area contributed by atoms with Gasteiger partial charge < -0.3 is 15.9 Å². The number of carbonyl (C=O) groups is 1. The summed E-state index contributed by atoms with van der Waals surface area (Å²) in [6.45, 7) is 3.28. The van der Waals surface area contributed by atoms with Crippen LogP contribution in [-0.4, -0.2) is 53.2 Å². The summed E-state index contributed by atoms with van der Waals surface area (Å²) in [7, 11) is -3.94. The van der Waals surface area contributed by atoms with Gasteiger partial charge in [-0.1, -0.05) is 11.8 Å². The van der Waals surface area contributed by atoms with E-state index < -0.39 is 26.6 Å². The highest BCUT2D eigenvalue weighted by Crippen LogP contribution is 2.51. The predicted octanol–water partition coefficient (Wildman–Crippen LogP) is 0.862. The van der Waals surface area contributed by atoms with Gasteiger partial charge in [0.05, 0.1) is 21.3 Å². The van der Waals surface area contributed by atoms with Gasteiger partial charge in [0.25, 0.3) is 0 Å². The second kappa shape index (κ2) is 8.25. The maximum Gasteiger partial charge on any atom is 0.241 e. The topological polar surface area (TPSA) is 131 Å². The number of rotatable bonds is 6. The summed E-state index contributed by atoms with van der Waals surface area (Å²) in [6.07, 6.45) is 0.110. The van der Waals surface area contributed by atoms with Crippen LogP contribution in [0.2, 0.25) is 0 Å². The molecule has 1 aliphatic carbocycles. The van der Waals surface area contributed by atoms with Crippen LogP contribution < -0.4 is 5.73 Å². The summed E-state index contributed by atoms with van der Waals surface area (Å²) in [5.74, 6) is 10.9. The van der Waals surface area contributed by atoms with E-state index in [4.69, 9.17) is 10.8 Å². The lowest BCUT2D eigenvalue weighted by atomic mass is 10.0. The fourth-order valence-electron chi connectivity index (χ4n) is 3.24. The number of thiazole rings is 1. The molecule has 1 heterocycles. The molecule has 31 heavy (non-hydrogen) atoms. The third kappa shape index (κ3) is 4.60. The molecule has 3 rings (SSSR count). The van der Waals surface area contributed by atoms with Crippen molar-refractivity contribution in [3.8, 4) is 23.7 Å². The number of aliphatic hydroxyl groups excluding tert-OH is 2. The lowest BCUT2D eigenvalue weighted by Crippen LogP contribution is -2.56. The summed E-state index contributed by atoms with van der Waals surface area (Å²) in [4.78, 5) is 16.2. The molecule has 9 heteroatoms. The number of amides is 1. The van der Waals surface area contributed by atoms with E-state index in [0.29, 0.717) is 10.5 Å². The molecule has 2 unspecified atom stereocenters. The first-order valence-electron chi connectivity index (χ1n) is 9.62. The molecule has 0 spiro atoms. The average Bonchev–Trinajstić information content (AvgIpc) is 3.17. The fraction of sp³-hybridized carbons (Fsp3) is 0.455. The number of aromatic nitrogens is 1. The minimum Gasteiger partial charge on any atom is -0.396 e. The number of carbonyl (C=O) groups excluding carboxylic acids is 1. The smallest absolute Gasteiger partial charge is 0.241 e. The van der Waals surface area contributed by atoms with Crippen LogP contribution in [0.3, 0.4) is 0 Å². The molecule has 4 N–H and O–H groups in total. The molecule has 0 saturated heterocycles. The normalized spacial score (nSPS) is 23.1. The molecule has 1 aromatic heterocycles. The Labute approximate surface area is 185 Å². The highest BCUT2D eigenvalue weighted by molar-refractivity contribution is 7.92. The van der Waals surface area contributed by atoms with Gasteiger partial charge in [-0.15, -0.1) is 11.3 Å². The van der Waals surface area contributed by atoms with Crippen LogP contribution in [-0.2, 0) is 21.1 Å². The van der Waals surface area contributed by atoms with E-state index in [2.05, 4.69) is 28.7 Å². The number of hydrogen-bond donors (Lipinski definition) is 3. The minimum atomic E-state index is -3.94. The van der Waals surface area contributed by atoms with Crippen LogP contribution in [0, 0.1) is 35.0 Å². The third-order valence-corrected chi connectivity index (χ3v) is 9.00. The molecule has 1 aromatic carbocycles. The van der Waals surface area contributed by atoms with Crippen LogP contribution in [0.1, 0.15) is 30.8 Å². The Kier molecular flexibility index (Phi) is 6.18. The van der Waals surface area contributed by atoms with E-state index in [1.807, 2.05) is 13.0 Å². The van der Waals surface area contributed by atoms with E-state index in [9.17, 15) is 18.3 Å². The number of fused-ring (bicyclic) bond motifs is 1. The lowest BCUT2D eigenvalue weighted by Gasteiger charge is -2.28. The molecule has 4 atom stereocenters. The predicted molar refractivity (Wildman–Crippen MR) is 120 cm³/mol. The fourth-order valence-corrected chi connectivity index (χ4v) is 5.23. The molecule has 1 saturated carbocycles. The summed E-state index contributed by atoms with van der Waals surface area (Å²) in [6, 6.07) is 5.43. The van der Waals surface area contributed by atoms with Crippen molar-refractivity contribution in [2.45, 2.75) is 37.5 Å². The van der Waals surface area contributed by atoms with Gasteiger partial charge in [-0.3, -0.25) is 4.79 Å². The van der Waals surface area contributed by atoms with Crippen LogP contribution in [0.25, 0.3) is 10.2 Å². The number of hydrogen-bond acceptors (Lipinski definition) is 7. The Morgan fingerprint density at radius 2 is 2.16 bits per heavy atom. The van der Waals surface area contributed by atoms with Crippen molar-refractivity contribution in [3.63, 3.8) is 0 Å². The van der Waals surface area contributed by atoms with E-state index >= 15 is 0 Å². The number of nitrogens with two attached hydrogens (primary N) is 1. The van der Waals surface area contributed by atoms with E-state index in [-0.39, 0.29) is 24.4 Å². The molecule has 164 valence electrons. The van der Waals surface area contributed by atoms with Gasteiger partial charge in [0.15, 0.2) is 14.6 Å². The largest absolute Gasteiger partial charge is 0.396 e. The highest BCUT2D eigenvalue weighted by atomic mass is 32.2. The number of aliphatic hydroxyl groups is 2. The Morgan fingerprint density at radius 3 is 2.74 bits per heavy atom. The van der Waals surface area contributed by atoms with Crippen molar-refractivity contribution in [1.29, 1.82) is 0 Å². The average molecular weight is 461 g/mol. The first kappa shape index (κ1) is 23.2. The number of primary amides is 1. The van der Waals surface area contributed by atoms with Gasteiger partial charge in [-0.05, 0) is 56.2 Å². The highest BCUT2D eigenvalue weighted by Gasteiger charge is 2.49. The molecular weight excluding hydrogens is 436 g/mol. The van der Waals surface area contributed by atoms with Crippen LogP contribution in [0.5, 0.6) is 0 Å². The summed E-state index contributed by atoms with van der Waals surface area (Å²) in [5, 5.41) is 20.1. The van der Waals surface area contributed by atoms with Crippen molar-refractivity contribution < 1.29 is 23.4 Å². The summed E-state index contributed by atoms with van der Waals surface area (Å²) in [5.41, 5.74) is 6.56. The zero-order valence-electron chi connectivity index (χ0n) is 17.5.